The van der Waals surface area contributed by atoms with Gasteiger partial charge in [-0.25, -0.2) is 0 Å². The fourth-order valence-electron chi connectivity index (χ4n) is 1.83. The van der Waals surface area contributed by atoms with E-state index in [1.807, 2.05) is 13.8 Å². The summed E-state index contributed by atoms with van der Waals surface area (Å²) < 4.78 is 0. The molecule has 0 aliphatic rings. The van der Waals surface area contributed by atoms with Gasteiger partial charge < -0.3 is 10.6 Å². The normalized spacial score (nSPS) is 11.1. The smallest absolute Gasteiger partial charge is 0.221 e. The summed E-state index contributed by atoms with van der Waals surface area (Å²) in [5, 5.41) is 6.37. The Morgan fingerprint density at radius 2 is 1.69 bits per heavy atom. The molecule has 0 aromatic heterocycles. The summed E-state index contributed by atoms with van der Waals surface area (Å²) in [6.45, 7) is 9.18. The van der Waals surface area contributed by atoms with Crippen molar-refractivity contribution in [3.63, 3.8) is 0 Å². The van der Waals surface area contributed by atoms with Crippen LogP contribution in [0.4, 0.5) is 0 Å². The molecule has 0 rings (SSSR count). The van der Waals surface area contributed by atoms with Crippen molar-refractivity contribution in [3.05, 3.63) is 0 Å². The zero-order valence-corrected chi connectivity index (χ0v) is 11.3. The lowest BCUT2D eigenvalue weighted by Crippen LogP contribution is -2.35. The van der Waals surface area contributed by atoms with Gasteiger partial charge in [0.1, 0.15) is 0 Å². The molecule has 0 aromatic rings. The van der Waals surface area contributed by atoms with Crippen molar-refractivity contribution >= 4 is 5.91 Å². The summed E-state index contributed by atoms with van der Waals surface area (Å²) >= 11 is 0. The van der Waals surface area contributed by atoms with Gasteiger partial charge in [0.2, 0.25) is 5.91 Å². The Morgan fingerprint density at radius 3 is 2.12 bits per heavy atom. The molecule has 2 N–H and O–H groups in total. The SMILES string of the molecule is CCCC(CCC)NCCC(=O)NC(C)C. The molecule has 0 bridgehead atoms. The van der Waals surface area contributed by atoms with Crippen LogP contribution in [0.1, 0.15) is 59.8 Å². The molecule has 0 saturated heterocycles. The topological polar surface area (TPSA) is 41.1 Å². The quantitative estimate of drug-likeness (QED) is 0.636. The second kappa shape index (κ2) is 9.64. The third-order valence-corrected chi connectivity index (χ3v) is 2.51. The molecule has 0 fully saturated rings. The van der Waals surface area contributed by atoms with Crippen LogP contribution >= 0.6 is 0 Å². The lowest BCUT2D eigenvalue weighted by Gasteiger charge is -2.17. The predicted octanol–water partition coefficient (Wildman–Crippen LogP) is 2.46. The minimum absolute atomic E-state index is 0.147. The number of carbonyl (C=O) groups excluding carboxylic acids is 1. The van der Waals surface area contributed by atoms with Crippen LogP contribution in [0.25, 0.3) is 0 Å². The van der Waals surface area contributed by atoms with E-state index in [2.05, 4.69) is 24.5 Å². The maximum Gasteiger partial charge on any atom is 0.221 e. The average molecular weight is 228 g/mol. The zero-order valence-electron chi connectivity index (χ0n) is 11.3. The Morgan fingerprint density at radius 1 is 1.12 bits per heavy atom. The van der Waals surface area contributed by atoms with Gasteiger partial charge in [-0.15, -0.1) is 0 Å². The molecule has 0 spiro atoms. The summed E-state index contributed by atoms with van der Waals surface area (Å²) in [6, 6.07) is 0.830. The van der Waals surface area contributed by atoms with Crippen LogP contribution in [0.15, 0.2) is 0 Å². The second-order valence-electron chi connectivity index (χ2n) is 4.70. The van der Waals surface area contributed by atoms with Gasteiger partial charge >= 0.3 is 0 Å². The lowest BCUT2D eigenvalue weighted by atomic mass is 10.1. The molecule has 0 saturated carbocycles. The highest BCUT2D eigenvalue weighted by molar-refractivity contribution is 5.76. The number of rotatable bonds is 9. The van der Waals surface area contributed by atoms with E-state index in [1.165, 1.54) is 25.7 Å². The highest BCUT2D eigenvalue weighted by Crippen LogP contribution is 2.04. The van der Waals surface area contributed by atoms with Crippen LogP contribution in [0.5, 0.6) is 0 Å². The van der Waals surface area contributed by atoms with Crippen molar-refractivity contribution in [3.8, 4) is 0 Å². The molecule has 3 nitrogen and oxygen atoms in total. The Hall–Kier alpha value is -0.570. The summed E-state index contributed by atoms with van der Waals surface area (Å²) in [4.78, 5) is 11.4. The van der Waals surface area contributed by atoms with Crippen LogP contribution in [0.3, 0.4) is 0 Å². The monoisotopic (exact) mass is 228 g/mol. The summed E-state index contributed by atoms with van der Waals surface area (Å²) in [5.41, 5.74) is 0. The molecule has 0 atom stereocenters. The fourth-order valence-corrected chi connectivity index (χ4v) is 1.83. The van der Waals surface area contributed by atoms with Crippen molar-refractivity contribution in [1.29, 1.82) is 0 Å². The third kappa shape index (κ3) is 8.72. The largest absolute Gasteiger partial charge is 0.354 e. The van der Waals surface area contributed by atoms with Crippen LogP contribution in [-0.2, 0) is 4.79 Å². The number of amides is 1. The third-order valence-electron chi connectivity index (χ3n) is 2.51. The molecule has 0 aliphatic heterocycles. The number of hydrogen-bond donors (Lipinski definition) is 2. The summed E-state index contributed by atoms with van der Waals surface area (Å²) in [6.07, 6.45) is 5.41. The van der Waals surface area contributed by atoms with E-state index in [1.54, 1.807) is 0 Å². The van der Waals surface area contributed by atoms with Gasteiger partial charge in [-0.3, -0.25) is 4.79 Å². The van der Waals surface area contributed by atoms with E-state index in [0.717, 1.165) is 6.54 Å². The Kier molecular flexibility index (Phi) is 9.30. The highest BCUT2D eigenvalue weighted by atomic mass is 16.1. The Bertz CT molecular complexity index is 175. The molecule has 16 heavy (non-hydrogen) atoms. The lowest BCUT2D eigenvalue weighted by molar-refractivity contribution is -0.121. The predicted molar refractivity (Wildman–Crippen MR) is 69.5 cm³/mol. The standard InChI is InChI=1S/C13H28N2O/c1-5-7-12(8-6-2)14-10-9-13(16)15-11(3)4/h11-12,14H,5-10H2,1-4H3,(H,15,16). The van der Waals surface area contributed by atoms with Gasteiger partial charge in [0.15, 0.2) is 0 Å². The molecule has 0 aromatic carbocycles. The summed E-state index contributed by atoms with van der Waals surface area (Å²) in [7, 11) is 0. The molecule has 96 valence electrons. The van der Waals surface area contributed by atoms with Crippen LogP contribution in [0.2, 0.25) is 0 Å². The molecule has 3 heteroatoms. The van der Waals surface area contributed by atoms with Crippen molar-refractivity contribution in [2.24, 2.45) is 0 Å². The summed E-state index contributed by atoms with van der Waals surface area (Å²) in [5.74, 6) is 0.147. The zero-order chi connectivity index (χ0) is 12.4. The van der Waals surface area contributed by atoms with Gasteiger partial charge in [0.25, 0.3) is 0 Å². The van der Waals surface area contributed by atoms with Crippen LogP contribution in [0, 0.1) is 0 Å². The number of nitrogens with one attached hydrogen (secondary N) is 2. The first-order chi connectivity index (χ1) is 7.60. The first-order valence-corrected chi connectivity index (χ1v) is 6.62. The maximum absolute atomic E-state index is 11.4. The van der Waals surface area contributed by atoms with Gasteiger partial charge in [-0.05, 0) is 26.7 Å². The highest BCUT2D eigenvalue weighted by Gasteiger charge is 2.07. The fraction of sp³-hybridized carbons (Fsp3) is 0.923. The van der Waals surface area contributed by atoms with Crippen molar-refractivity contribution in [1.82, 2.24) is 10.6 Å². The van der Waals surface area contributed by atoms with Crippen molar-refractivity contribution in [2.45, 2.75) is 71.9 Å². The molecule has 1 amide bonds. The van der Waals surface area contributed by atoms with Crippen molar-refractivity contribution in [2.75, 3.05) is 6.54 Å². The minimum atomic E-state index is 0.147. The van der Waals surface area contributed by atoms with Gasteiger partial charge in [-0.2, -0.15) is 0 Å². The first kappa shape index (κ1) is 15.4. The van der Waals surface area contributed by atoms with E-state index < -0.39 is 0 Å². The van der Waals surface area contributed by atoms with E-state index in [4.69, 9.17) is 0 Å². The average Bonchev–Trinajstić information content (AvgIpc) is 2.17. The number of hydrogen-bond acceptors (Lipinski definition) is 2. The molecule has 0 radical (unpaired) electrons. The van der Waals surface area contributed by atoms with E-state index >= 15 is 0 Å². The minimum Gasteiger partial charge on any atom is -0.354 e. The van der Waals surface area contributed by atoms with E-state index in [9.17, 15) is 4.79 Å². The second-order valence-corrected chi connectivity index (χ2v) is 4.70. The molecular weight excluding hydrogens is 200 g/mol. The van der Waals surface area contributed by atoms with Crippen LogP contribution < -0.4 is 10.6 Å². The molecule has 0 unspecified atom stereocenters. The Labute approximate surface area is 100 Å². The van der Waals surface area contributed by atoms with Gasteiger partial charge in [0, 0.05) is 25.0 Å². The van der Waals surface area contributed by atoms with Crippen LogP contribution in [-0.4, -0.2) is 24.5 Å². The van der Waals surface area contributed by atoms with Crippen molar-refractivity contribution < 1.29 is 4.79 Å². The Balaban J connectivity index is 3.63. The van der Waals surface area contributed by atoms with Gasteiger partial charge in [0.05, 0.1) is 0 Å². The molecular formula is C13H28N2O. The molecule has 0 heterocycles. The van der Waals surface area contributed by atoms with Gasteiger partial charge in [-0.1, -0.05) is 26.7 Å². The molecule has 0 aliphatic carbocycles. The van der Waals surface area contributed by atoms with E-state index in [0.29, 0.717) is 12.5 Å². The first-order valence-electron chi connectivity index (χ1n) is 6.62. The van der Waals surface area contributed by atoms with E-state index in [-0.39, 0.29) is 11.9 Å². The maximum atomic E-state index is 11.4. The number of carbonyl (C=O) groups is 1.